The first kappa shape index (κ1) is 15.0. The smallest absolute Gasteiger partial charge is 0.241 e. The molecule has 0 saturated carbocycles. The van der Waals surface area contributed by atoms with Crippen LogP contribution in [0.3, 0.4) is 0 Å². The molecule has 1 aromatic rings. The van der Waals surface area contributed by atoms with Crippen LogP contribution in [0.2, 0.25) is 0 Å². The molecule has 0 aliphatic carbocycles. The predicted octanol–water partition coefficient (Wildman–Crippen LogP) is 0.703. The van der Waals surface area contributed by atoms with Gasteiger partial charge >= 0.3 is 0 Å². The van der Waals surface area contributed by atoms with E-state index in [-0.39, 0.29) is 11.8 Å². The molecular formula is C15H24N4O. The van der Waals surface area contributed by atoms with Gasteiger partial charge in [0.1, 0.15) is 0 Å². The SMILES string of the molecule is CC(C(=O)NN)c1ccc(CN2CCCC(N)C2)cc1. The average Bonchev–Trinajstić information content (AvgIpc) is 2.46. The van der Waals surface area contributed by atoms with E-state index in [4.69, 9.17) is 11.6 Å². The van der Waals surface area contributed by atoms with Crippen molar-refractivity contribution in [2.75, 3.05) is 13.1 Å². The summed E-state index contributed by atoms with van der Waals surface area (Å²) in [7, 11) is 0. The Morgan fingerprint density at radius 2 is 2.15 bits per heavy atom. The lowest BCUT2D eigenvalue weighted by Gasteiger charge is -2.30. The highest BCUT2D eigenvalue weighted by atomic mass is 16.2. The van der Waals surface area contributed by atoms with E-state index in [2.05, 4.69) is 22.5 Å². The predicted molar refractivity (Wildman–Crippen MR) is 79.7 cm³/mol. The third-order valence-electron chi connectivity index (χ3n) is 3.96. The molecule has 1 fully saturated rings. The van der Waals surface area contributed by atoms with Gasteiger partial charge in [0.05, 0.1) is 5.92 Å². The van der Waals surface area contributed by atoms with Crippen molar-refractivity contribution in [2.45, 2.75) is 38.3 Å². The van der Waals surface area contributed by atoms with E-state index < -0.39 is 0 Å². The van der Waals surface area contributed by atoms with Gasteiger partial charge in [-0.2, -0.15) is 0 Å². The van der Waals surface area contributed by atoms with Crippen molar-refractivity contribution >= 4 is 5.91 Å². The fourth-order valence-electron chi connectivity index (χ4n) is 2.68. The molecule has 0 radical (unpaired) electrons. The average molecular weight is 276 g/mol. The molecule has 1 heterocycles. The molecule has 2 rings (SSSR count). The number of carbonyl (C=O) groups excluding carboxylic acids is 1. The zero-order chi connectivity index (χ0) is 14.5. The number of benzene rings is 1. The number of hydrazine groups is 1. The van der Waals surface area contributed by atoms with Gasteiger partial charge in [0.15, 0.2) is 0 Å². The molecule has 1 aliphatic heterocycles. The Labute approximate surface area is 120 Å². The van der Waals surface area contributed by atoms with E-state index in [0.29, 0.717) is 6.04 Å². The quantitative estimate of drug-likeness (QED) is 0.429. The van der Waals surface area contributed by atoms with Gasteiger partial charge in [-0.25, -0.2) is 5.84 Å². The summed E-state index contributed by atoms with van der Waals surface area (Å²) in [5, 5.41) is 0. The molecule has 1 amide bonds. The van der Waals surface area contributed by atoms with Crippen LogP contribution in [-0.2, 0) is 11.3 Å². The number of hydrogen-bond acceptors (Lipinski definition) is 4. The molecular weight excluding hydrogens is 252 g/mol. The summed E-state index contributed by atoms with van der Waals surface area (Å²) in [6, 6.07) is 8.46. The largest absolute Gasteiger partial charge is 0.327 e. The number of hydrogen-bond donors (Lipinski definition) is 3. The maximum atomic E-state index is 11.5. The molecule has 20 heavy (non-hydrogen) atoms. The van der Waals surface area contributed by atoms with Gasteiger partial charge in [-0.05, 0) is 37.4 Å². The first-order valence-electron chi connectivity index (χ1n) is 7.17. The zero-order valence-corrected chi connectivity index (χ0v) is 12.0. The number of carbonyl (C=O) groups is 1. The summed E-state index contributed by atoms with van der Waals surface area (Å²) in [6.07, 6.45) is 2.30. The van der Waals surface area contributed by atoms with Gasteiger partial charge in [-0.15, -0.1) is 0 Å². The number of nitrogens with one attached hydrogen (secondary N) is 1. The molecule has 110 valence electrons. The van der Waals surface area contributed by atoms with Gasteiger partial charge in [-0.1, -0.05) is 24.3 Å². The monoisotopic (exact) mass is 276 g/mol. The second kappa shape index (κ2) is 6.83. The molecule has 5 N–H and O–H groups in total. The highest BCUT2D eigenvalue weighted by Crippen LogP contribution is 2.18. The van der Waals surface area contributed by atoms with Crippen molar-refractivity contribution in [2.24, 2.45) is 11.6 Å². The fraction of sp³-hybridized carbons (Fsp3) is 0.533. The number of amides is 1. The van der Waals surface area contributed by atoms with E-state index in [1.54, 1.807) is 0 Å². The van der Waals surface area contributed by atoms with Gasteiger partial charge in [-0.3, -0.25) is 15.1 Å². The van der Waals surface area contributed by atoms with Crippen molar-refractivity contribution in [3.63, 3.8) is 0 Å². The zero-order valence-electron chi connectivity index (χ0n) is 12.0. The minimum atomic E-state index is -0.225. The number of nitrogens with two attached hydrogens (primary N) is 2. The van der Waals surface area contributed by atoms with Crippen LogP contribution < -0.4 is 17.0 Å². The molecule has 2 unspecified atom stereocenters. The van der Waals surface area contributed by atoms with Crippen LogP contribution >= 0.6 is 0 Å². The first-order chi connectivity index (χ1) is 9.60. The standard InChI is InChI=1S/C15H24N4O/c1-11(15(20)18-17)13-6-4-12(5-7-13)9-19-8-2-3-14(16)10-19/h4-7,11,14H,2-3,8-10,16-17H2,1H3,(H,18,20). The Balaban J connectivity index is 1.96. The molecule has 5 nitrogen and oxygen atoms in total. The third-order valence-corrected chi connectivity index (χ3v) is 3.96. The number of likely N-dealkylation sites (tertiary alicyclic amines) is 1. The molecule has 5 heteroatoms. The van der Waals surface area contributed by atoms with Gasteiger partial charge < -0.3 is 5.73 Å². The Morgan fingerprint density at radius 1 is 1.45 bits per heavy atom. The van der Waals surface area contributed by atoms with E-state index in [1.165, 1.54) is 12.0 Å². The summed E-state index contributed by atoms with van der Waals surface area (Å²) in [6.45, 7) is 4.85. The van der Waals surface area contributed by atoms with Crippen LogP contribution in [0.4, 0.5) is 0 Å². The van der Waals surface area contributed by atoms with E-state index in [0.717, 1.165) is 31.6 Å². The van der Waals surface area contributed by atoms with Crippen LogP contribution in [0.15, 0.2) is 24.3 Å². The highest BCUT2D eigenvalue weighted by Gasteiger charge is 2.17. The number of piperidine rings is 1. The summed E-state index contributed by atoms with van der Waals surface area (Å²) >= 11 is 0. The molecule has 0 aromatic heterocycles. The lowest BCUT2D eigenvalue weighted by molar-refractivity contribution is -0.122. The van der Waals surface area contributed by atoms with Crippen LogP contribution in [-0.4, -0.2) is 29.9 Å². The normalized spacial score (nSPS) is 21.4. The molecule has 1 saturated heterocycles. The number of rotatable bonds is 4. The summed E-state index contributed by atoms with van der Waals surface area (Å²) in [5.74, 6) is 4.77. The Hall–Kier alpha value is -1.43. The minimum Gasteiger partial charge on any atom is -0.327 e. The first-order valence-corrected chi connectivity index (χ1v) is 7.17. The van der Waals surface area contributed by atoms with Gasteiger partial charge in [0.2, 0.25) is 5.91 Å². The summed E-state index contributed by atoms with van der Waals surface area (Å²) < 4.78 is 0. The van der Waals surface area contributed by atoms with Crippen molar-refractivity contribution in [3.8, 4) is 0 Å². The second-order valence-corrected chi connectivity index (χ2v) is 5.61. The molecule has 1 aromatic carbocycles. The maximum absolute atomic E-state index is 11.5. The molecule has 2 atom stereocenters. The minimum absolute atomic E-state index is 0.167. The van der Waals surface area contributed by atoms with Crippen molar-refractivity contribution in [1.29, 1.82) is 0 Å². The second-order valence-electron chi connectivity index (χ2n) is 5.61. The van der Waals surface area contributed by atoms with Crippen molar-refractivity contribution in [1.82, 2.24) is 10.3 Å². The molecule has 0 bridgehead atoms. The van der Waals surface area contributed by atoms with E-state index >= 15 is 0 Å². The highest BCUT2D eigenvalue weighted by molar-refractivity contribution is 5.82. The Morgan fingerprint density at radius 3 is 2.75 bits per heavy atom. The molecule has 1 aliphatic rings. The van der Waals surface area contributed by atoms with Crippen molar-refractivity contribution in [3.05, 3.63) is 35.4 Å². The van der Waals surface area contributed by atoms with Crippen LogP contribution in [0.1, 0.15) is 36.8 Å². The third kappa shape index (κ3) is 3.79. The number of nitrogens with zero attached hydrogens (tertiary/aromatic N) is 1. The van der Waals surface area contributed by atoms with Gasteiger partial charge in [0.25, 0.3) is 0 Å². The van der Waals surface area contributed by atoms with Crippen molar-refractivity contribution < 1.29 is 4.79 Å². The lowest BCUT2D eigenvalue weighted by atomic mass is 9.99. The van der Waals surface area contributed by atoms with Crippen LogP contribution in [0.5, 0.6) is 0 Å². The lowest BCUT2D eigenvalue weighted by Crippen LogP contribution is -2.42. The van der Waals surface area contributed by atoms with E-state index in [9.17, 15) is 4.79 Å². The van der Waals surface area contributed by atoms with Gasteiger partial charge in [0, 0.05) is 19.1 Å². The molecule has 0 spiro atoms. The summed E-state index contributed by atoms with van der Waals surface area (Å²) in [5.41, 5.74) is 10.4. The summed E-state index contributed by atoms with van der Waals surface area (Å²) in [4.78, 5) is 13.9. The van der Waals surface area contributed by atoms with E-state index in [1.807, 2.05) is 19.1 Å². The fourth-order valence-corrected chi connectivity index (χ4v) is 2.68. The Bertz CT molecular complexity index is 446. The van der Waals surface area contributed by atoms with Crippen LogP contribution in [0, 0.1) is 0 Å². The maximum Gasteiger partial charge on any atom is 0.241 e. The van der Waals surface area contributed by atoms with Crippen LogP contribution in [0.25, 0.3) is 0 Å². The topological polar surface area (TPSA) is 84.4 Å². The Kier molecular flexibility index (Phi) is 5.11.